The Bertz CT molecular complexity index is 490. The lowest BCUT2D eigenvalue weighted by molar-refractivity contribution is 0.398. The van der Waals surface area contributed by atoms with Crippen LogP contribution in [-0.4, -0.2) is 6.17 Å². The van der Waals surface area contributed by atoms with Crippen molar-refractivity contribution in [2.75, 3.05) is 0 Å². The van der Waals surface area contributed by atoms with Crippen LogP contribution in [0.4, 0.5) is 17.6 Å². The van der Waals surface area contributed by atoms with Crippen molar-refractivity contribution in [3.05, 3.63) is 72.2 Å². The van der Waals surface area contributed by atoms with Gasteiger partial charge >= 0.3 is 0 Å². The van der Waals surface area contributed by atoms with Crippen LogP contribution in [0.15, 0.2) is 72.2 Å². The lowest BCUT2D eigenvalue weighted by Gasteiger charge is -2.08. The zero-order valence-electron chi connectivity index (χ0n) is 11.0. The van der Waals surface area contributed by atoms with E-state index in [-0.39, 0.29) is 11.1 Å². The molecule has 0 fully saturated rings. The summed E-state index contributed by atoms with van der Waals surface area (Å²) in [6, 6.07) is 0. The topological polar surface area (TPSA) is 0 Å². The predicted octanol–water partition coefficient (Wildman–Crippen LogP) is 5.59. The van der Waals surface area contributed by atoms with Crippen LogP contribution in [0.5, 0.6) is 0 Å². The highest BCUT2D eigenvalue weighted by molar-refractivity contribution is 5.51. The first-order valence-electron chi connectivity index (χ1n) is 5.39. The van der Waals surface area contributed by atoms with E-state index < -0.39 is 34.8 Å². The van der Waals surface area contributed by atoms with E-state index in [0.29, 0.717) is 0 Å². The van der Waals surface area contributed by atoms with Crippen molar-refractivity contribution in [3.63, 3.8) is 0 Å². The molecule has 0 radical (unpaired) electrons. The first-order valence-corrected chi connectivity index (χ1v) is 5.39. The van der Waals surface area contributed by atoms with E-state index in [9.17, 15) is 17.6 Å². The predicted molar refractivity (Wildman–Crippen MR) is 71.2 cm³/mol. The maximum absolute atomic E-state index is 13.6. The number of alkyl halides is 1. The molecule has 0 rings (SSSR count). The molecule has 0 aliphatic carbocycles. The number of hydrogen-bond donors (Lipinski definition) is 0. The summed E-state index contributed by atoms with van der Waals surface area (Å²) < 4.78 is 53.2. The van der Waals surface area contributed by atoms with Gasteiger partial charge in [-0.1, -0.05) is 26.3 Å². The lowest BCUT2D eigenvalue weighted by atomic mass is 10.0. The summed E-state index contributed by atoms with van der Waals surface area (Å²) in [5.74, 6) is -3.59. The Hall–Kier alpha value is -1.84. The van der Waals surface area contributed by atoms with Crippen LogP contribution in [0.25, 0.3) is 0 Å². The highest BCUT2D eigenvalue weighted by atomic mass is 19.2. The molecule has 1 unspecified atom stereocenters. The monoisotopic (exact) mass is 272 g/mol. The van der Waals surface area contributed by atoms with Gasteiger partial charge in [0.1, 0.15) is 12.0 Å². The Kier molecular flexibility index (Phi) is 6.25. The third kappa shape index (κ3) is 4.73. The van der Waals surface area contributed by atoms with Crippen LogP contribution in [0.3, 0.4) is 0 Å². The van der Waals surface area contributed by atoms with Gasteiger partial charge in [-0.2, -0.15) is 0 Å². The first kappa shape index (κ1) is 17.2. The van der Waals surface area contributed by atoms with E-state index in [4.69, 9.17) is 0 Å². The third-order valence-corrected chi connectivity index (χ3v) is 2.32. The number of halogens is 4. The summed E-state index contributed by atoms with van der Waals surface area (Å²) in [6.07, 6.45) is -0.867. The van der Waals surface area contributed by atoms with Gasteiger partial charge in [0.25, 0.3) is 0 Å². The third-order valence-electron chi connectivity index (χ3n) is 2.32. The Morgan fingerprint density at radius 2 is 1.47 bits per heavy atom. The summed E-state index contributed by atoms with van der Waals surface area (Å²) in [4.78, 5) is 0. The molecule has 0 nitrogen and oxygen atoms in total. The molecule has 0 aliphatic rings. The van der Waals surface area contributed by atoms with Crippen molar-refractivity contribution in [2.24, 2.45) is 0 Å². The Labute approximate surface area is 110 Å². The average Bonchev–Trinajstić information content (AvgIpc) is 2.34. The van der Waals surface area contributed by atoms with Crippen LogP contribution >= 0.6 is 0 Å². The van der Waals surface area contributed by atoms with Gasteiger partial charge in [0.15, 0.2) is 11.7 Å². The van der Waals surface area contributed by atoms with Crippen molar-refractivity contribution in [2.45, 2.75) is 20.0 Å². The second-order valence-electron chi connectivity index (χ2n) is 4.05. The summed E-state index contributed by atoms with van der Waals surface area (Å²) in [7, 11) is 0. The molecule has 104 valence electrons. The number of allylic oxidation sites excluding steroid dienone is 8. The second-order valence-corrected chi connectivity index (χ2v) is 4.05. The van der Waals surface area contributed by atoms with Crippen LogP contribution in [0.1, 0.15) is 13.8 Å². The van der Waals surface area contributed by atoms with Gasteiger partial charge in [-0.05, 0) is 31.1 Å². The molecule has 0 aliphatic heterocycles. The molecule has 0 bridgehead atoms. The summed E-state index contributed by atoms with van der Waals surface area (Å²) >= 11 is 0. The molecule has 0 saturated heterocycles. The van der Waals surface area contributed by atoms with Gasteiger partial charge < -0.3 is 0 Å². The van der Waals surface area contributed by atoms with Crippen LogP contribution in [0, 0.1) is 0 Å². The molecule has 0 saturated carbocycles. The molecular formula is C15H16F4. The Balaban J connectivity index is 5.29. The minimum Gasteiger partial charge on any atom is -0.243 e. The molecule has 0 aromatic rings. The molecule has 4 heteroatoms. The Morgan fingerprint density at radius 3 is 1.84 bits per heavy atom. The standard InChI is InChI=1S/C15H16F4/c1-8(2)13(17)7-9(3)10(4)14(18)15(19)11(5)12(6)16/h7,12H,1,3-5H2,2,6H3/b13-7+,15-14-. The highest BCUT2D eigenvalue weighted by Crippen LogP contribution is 2.29. The van der Waals surface area contributed by atoms with Crippen LogP contribution in [0.2, 0.25) is 0 Å². The van der Waals surface area contributed by atoms with Crippen molar-refractivity contribution in [3.8, 4) is 0 Å². The summed E-state index contributed by atoms with van der Waals surface area (Å²) in [5, 5.41) is 0. The molecule has 0 spiro atoms. The minimum atomic E-state index is -1.74. The average molecular weight is 272 g/mol. The van der Waals surface area contributed by atoms with Gasteiger partial charge in [-0.15, -0.1) is 0 Å². The molecule has 19 heavy (non-hydrogen) atoms. The summed E-state index contributed by atoms with van der Waals surface area (Å²) in [5.41, 5.74) is -1.18. The van der Waals surface area contributed by atoms with Crippen LogP contribution in [-0.2, 0) is 0 Å². The molecule has 0 aromatic heterocycles. The maximum atomic E-state index is 13.6. The van der Waals surface area contributed by atoms with Crippen LogP contribution < -0.4 is 0 Å². The number of rotatable bonds is 6. The zero-order valence-corrected chi connectivity index (χ0v) is 11.0. The van der Waals surface area contributed by atoms with Gasteiger partial charge in [-0.25, -0.2) is 17.6 Å². The van der Waals surface area contributed by atoms with Crippen molar-refractivity contribution >= 4 is 0 Å². The maximum Gasteiger partial charge on any atom is 0.166 e. The second kappa shape index (κ2) is 6.92. The minimum absolute atomic E-state index is 0.112. The Morgan fingerprint density at radius 1 is 1.00 bits per heavy atom. The van der Waals surface area contributed by atoms with Gasteiger partial charge in [-0.3, -0.25) is 0 Å². The van der Waals surface area contributed by atoms with Gasteiger partial charge in [0.05, 0.1) is 0 Å². The first-order chi connectivity index (χ1) is 8.59. The van der Waals surface area contributed by atoms with E-state index in [2.05, 4.69) is 26.3 Å². The normalized spacial score (nSPS) is 14.5. The quantitative estimate of drug-likeness (QED) is 0.436. The van der Waals surface area contributed by atoms with Crippen molar-refractivity contribution < 1.29 is 17.6 Å². The van der Waals surface area contributed by atoms with Crippen molar-refractivity contribution in [1.82, 2.24) is 0 Å². The fourth-order valence-electron chi connectivity index (χ4n) is 0.952. The molecule has 0 aromatic carbocycles. The largest absolute Gasteiger partial charge is 0.243 e. The molecular weight excluding hydrogens is 256 g/mol. The SMILES string of the molecule is C=C(/C=C(/F)C(=C)C)C(=C)/C(F)=C(/F)C(=C)C(C)F. The summed E-state index contributed by atoms with van der Waals surface area (Å²) in [6.45, 7) is 15.5. The fraction of sp³-hybridized carbons (Fsp3) is 0.200. The smallest absolute Gasteiger partial charge is 0.166 e. The molecule has 0 heterocycles. The zero-order chi connectivity index (χ0) is 15.3. The molecule has 1 atom stereocenters. The molecule has 0 amide bonds. The van der Waals surface area contributed by atoms with Gasteiger partial charge in [0, 0.05) is 11.1 Å². The van der Waals surface area contributed by atoms with E-state index in [0.717, 1.165) is 13.0 Å². The van der Waals surface area contributed by atoms with Crippen molar-refractivity contribution in [1.29, 1.82) is 0 Å². The van der Waals surface area contributed by atoms with Gasteiger partial charge in [0.2, 0.25) is 0 Å². The van der Waals surface area contributed by atoms with E-state index in [1.54, 1.807) is 0 Å². The van der Waals surface area contributed by atoms with E-state index in [1.807, 2.05) is 0 Å². The fourth-order valence-corrected chi connectivity index (χ4v) is 0.952. The molecule has 0 N–H and O–H groups in total. The van der Waals surface area contributed by atoms with E-state index >= 15 is 0 Å². The number of hydrogen-bond acceptors (Lipinski definition) is 0. The van der Waals surface area contributed by atoms with E-state index in [1.165, 1.54) is 6.92 Å². The lowest BCUT2D eigenvalue weighted by Crippen LogP contribution is -2.00. The highest BCUT2D eigenvalue weighted by Gasteiger charge is 2.18.